The molecule has 1 aliphatic rings. The van der Waals surface area contributed by atoms with Gasteiger partial charge in [0.15, 0.2) is 0 Å². The summed E-state index contributed by atoms with van der Waals surface area (Å²) >= 11 is 0. The number of hydrogen-bond donors (Lipinski definition) is 1. The monoisotopic (exact) mass is 331 g/mol. The van der Waals surface area contributed by atoms with Gasteiger partial charge in [-0.2, -0.15) is 0 Å². The molecule has 1 heterocycles. The Morgan fingerprint density at radius 2 is 2.29 bits per heavy atom. The zero-order valence-corrected chi connectivity index (χ0v) is 13.3. The van der Waals surface area contributed by atoms with Gasteiger partial charge in [0.1, 0.15) is 0 Å². The van der Waals surface area contributed by atoms with Gasteiger partial charge in [-0.1, -0.05) is 18.2 Å². The summed E-state index contributed by atoms with van der Waals surface area (Å²) in [5.74, 6) is -1.14. The first-order chi connectivity index (χ1) is 11.4. The van der Waals surface area contributed by atoms with Gasteiger partial charge in [0, 0.05) is 18.7 Å². The molecule has 1 aromatic rings. The average molecular weight is 331 g/mol. The molecule has 1 atom stereocenters. The Morgan fingerprint density at radius 3 is 2.83 bits per heavy atom. The zero-order valence-electron chi connectivity index (χ0n) is 13.3. The predicted octanol–water partition coefficient (Wildman–Crippen LogP) is 2.50. The summed E-state index contributed by atoms with van der Waals surface area (Å²) in [6.45, 7) is 5.50. The number of allylic oxidation sites excluding steroid dienone is 1. The van der Waals surface area contributed by atoms with E-state index in [4.69, 9.17) is 4.74 Å². The molecule has 0 aliphatic carbocycles. The lowest BCUT2D eigenvalue weighted by Gasteiger charge is -2.36. The molecule has 1 unspecified atom stereocenters. The first kappa shape index (κ1) is 17.2. The van der Waals surface area contributed by atoms with Crippen LogP contribution in [0.4, 0.5) is 5.69 Å². The molecule has 8 heteroatoms. The summed E-state index contributed by atoms with van der Waals surface area (Å²) < 4.78 is 5.25. The first-order valence-electron chi connectivity index (χ1n) is 7.09. The van der Waals surface area contributed by atoms with Crippen LogP contribution in [0.3, 0.4) is 0 Å². The normalized spacial score (nSPS) is 17.3. The lowest BCUT2D eigenvalue weighted by Crippen LogP contribution is -2.41. The number of nitro groups is 1. The summed E-state index contributed by atoms with van der Waals surface area (Å²) in [5.41, 5.74) is 0.677. The van der Waals surface area contributed by atoms with Crippen LogP contribution in [0.2, 0.25) is 0 Å². The van der Waals surface area contributed by atoms with Crippen LogP contribution in [-0.4, -0.2) is 40.6 Å². The van der Waals surface area contributed by atoms with Crippen molar-refractivity contribution in [3.8, 4) is 0 Å². The molecule has 1 N–H and O–H groups in total. The van der Waals surface area contributed by atoms with E-state index in [1.807, 2.05) is 0 Å². The second-order valence-electron chi connectivity index (χ2n) is 5.10. The van der Waals surface area contributed by atoms with E-state index in [0.29, 0.717) is 5.56 Å². The topological polar surface area (TPSA) is 105 Å². The van der Waals surface area contributed by atoms with Gasteiger partial charge in [-0.3, -0.25) is 10.1 Å². The molecule has 0 fully saturated rings. The number of methoxy groups -OCH3 is 1. The maximum atomic E-state index is 11.8. The molecule has 126 valence electrons. The Bertz CT molecular complexity index is 754. The van der Waals surface area contributed by atoms with Crippen LogP contribution in [0.1, 0.15) is 18.5 Å². The minimum atomic E-state index is -1.14. The predicted molar refractivity (Wildman–Crippen MR) is 87.5 cm³/mol. The molecule has 0 saturated carbocycles. The van der Waals surface area contributed by atoms with Crippen LogP contribution in [0.15, 0.2) is 53.2 Å². The molecule has 24 heavy (non-hydrogen) atoms. The highest BCUT2D eigenvalue weighted by molar-refractivity contribution is 5.93. The standard InChI is InChI=1S/C16H17N3O5/c1-4-8-18-14(11-6-5-7-12(9-11)19(22)23)13(15(20)21)10(2)17-16(18)24-3/h4-7,9,14H,1,8H2,2-3H3,(H,20,21). The number of carboxylic acids is 1. The molecule has 0 radical (unpaired) electrons. The van der Waals surface area contributed by atoms with Crippen LogP contribution in [0.5, 0.6) is 0 Å². The Balaban J connectivity index is 2.66. The van der Waals surface area contributed by atoms with Crippen molar-refractivity contribution in [1.29, 1.82) is 0 Å². The number of amidine groups is 1. The number of nitrogens with zero attached hydrogens (tertiary/aromatic N) is 3. The molecule has 0 bridgehead atoms. The Morgan fingerprint density at radius 1 is 1.58 bits per heavy atom. The van der Waals surface area contributed by atoms with Crippen LogP contribution in [0.25, 0.3) is 0 Å². The Hall–Kier alpha value is -3.16. The highest BCUT2D eigenvalue weighted by atomic mass is 16.6. The largest absolute Gasteiger partial charge is 0.478 e. The van der Waals surface area contributed by atoms with E-state index in [9.17, 15) is 20.0 Å². The van der Waals surface area contributed by atoms with Crippen molar-refractivity contribution in [1.82, 2.24) is 4.90 Å². The maximum absolute atomic E-state index is 11.8. The molecule has 0 aromatic heterocycles. The van der Waals surface area contributed by atoms with Crippen LogP contribution in [0, 0.1) is 10.1 Å². The second-order valence-corrected chi connectivity index (χ2v) is 5.10. The van der Waals surface area contributed by atoms with E-state index >= 15 is 0 Å². The van der Waals surface area contributed by atoms with E-state index in [1.54, 1.807) is 24.0 Å². The van der Waals surface area contributed by atoms with Gasteiger partial charge in [-0.05, 0) is 12.5 Å². The minimum absolute atomic E-state index is 0.0400. The van der Waals surface area contributed by atoms with Crippen molar-refractivity contribution >= 4 is 17.7 Å². The van der Waals surface area contributed by atoms with Crippen molar-refractivity contribution in [2.45, 2.75) is 13.0 Å². The minimum Gasteiger partial charge on any atom is -0.478 e. The number of non-ortho nitro benzene ring substituents is 1. The Kier molecular flexibility index (Phi) is 4.98. The van der Waals surface area contributed by atoms with Crippen molar-refractivity contribution < 1.29 is 19.6 Å². The molecule has 8 nitrogen and oxygen atoms in total. The van der Waals surface area contributed by atoms with Crippen molar-refractivity contribution in [3.63, 3.8) is 0 Å². The number of hydrogen-bond acceptors (Lipinski definition) is 6. The van der Waals surface area contributed by atoms with Crippen molar-refractivity contribution in [3.05, 3.63) is 63.9 Å². The summed E-state index contributed by atoms with van der Waals surface area (Å²) in [7, 11) is 1.43. The van der Waals surface area contributed by atoms with Crippen molar-refractivity contribution in [2.75, 3.05) is 13.7 Å². The fourth-order valence-corrected chi connectivity index (χ4v) is 2.64. The molecule has 2 rings (SSSR count). The van der Waals surface area contributed by atoms with Gasteiger partial charge in [-0.25, -0.2) is 9.79 Å². The Labute approximate surface area is 138 Å². The van der Waals surface area contributed by atoms with E-state index in [2.05, 4.69) is 11.6 Å². The third-order valence-corrected chi connectivity index (χ3v) is 3.62. The third kappa shape index (κ3) is 3.12. The van der Waals surface area contributed by atoms with E-state index in [-0.39, 0.29) is 29.5 Å². The highest BCUT2D eigenvalue weighted by Crippen LogP contribution is 2.36. The second kappa shape index (κ2) is 6.95. The smallest absolute Gasteiger partial charge is 0.335 e. The molecule has 0 saturated heterocycles. The molecule has 0 spiro atoms. The SMILES string of the molecule is C=CCN1C(OC)=NC(C)=C(C(=O)O)C1c1cccc([N+](=O)[O-])c1. The van der Waals surface area contributed by atoms with Gasteiger partial charge >= 0.3 is 5.97 Å². The summed E-state index contributed by atoms with van der Waals surface area (Å²) in [5, 5.41) is 20.7. The number of aliphatic carboxylic acids is 1. The van der Waals surface area contributed by atoms with E-state index < -0.39 is 16.9 Å². The number of nitro benzene ring substituents is 1. The number of carboxylic acid groups (broad SMARTS) is 1. The van der Waals surface area contributed by atoms with Gasteiger partial charge in [0.2, 0.25) is 0 Å². The molecular weight excluding hydrogens is 314 g/mol. The zero-order chi connectivity index (χ0) is 17.9. The lowest BCUT2D eigenvalue weighted by atomic mass is 9.94. The maximum Gasteiger partial charge on any atom is 0.335 e. The number of rotatable bonds is 5. The fraction of sp³-hybridized carbons (Fsp3) is 0.250. The van der Waals surface area contributed by atoms with Gasteiger partial charge < -0.3 is 14.7 Å². The number of benzene rings is 1. The summed E-state index contributed by atoms with van der Waals surface area (Å²) in [6.07, 6.45) is 1.58. The van der Waals surface area contributed by atoms with Crippen molar-refractivity contribution in [2.24, 2.45) is 4.99 Å². The number of aliphatic imine (C=N–C) groups is 1. The molecule has 0 amide bonds. The van der Waals surface area contributed by atoms with Crippen LogP contribution in [-0.2, 0) is 9.53 Å². The van der Waals surface area contributed by atoms with Gasteiger partial charge in [0.25, 0.3) is 11.7 Å². The first-order valence-corrected chi connectivity index (χ1v) is 7.09. The van der Waals surface area contributed by atoms with Gasteiger partial charge in [0.05, 0.1) is 29.3 Å². The fourth-order valence-electron chi connectivity index (χ4n) is 2.64. The number of ether oxygens (including phenoxy) is 1. The van der Waals surface area contributed by atoms with E-state index in [0.717, 1.165) is 0 Å². The average Bonchev–Trinajstić information content (AvgIpc) is 2.55. The van der Waals surface area contributed by atoms with Crippen LogP contribution >= 0.6 is 0 Å². The molecule has 1 aromatic carbocycles. The third-order valence-electron chi connectivity index (χ3n) is 3.62. The van der Waals surface area contributed by atoms with Crippen LogP contribution < -0.4 is 0 Å². The highest BCUT2D eigenvalue weighted by Gasteiger charge is 2.36. The quantitative estimate of drug-likeness (QED) is 0.505. The molecular formula is C16H17N3O5. The van der Waals surface area contributed by atoms with E-state index in [1.165, 1.54) is 25.3 Å². The lowest BCUT2D eigenvalue weighted by molar-refractivity contribution is -0.384. The summed E-state index contributed by atoms with van der Waals surface area (Å²) in [6, 6.07) is 5.33. The van der Waals surface area contributed by atoms with Gasteiger partial charge in [-0.15, -0.1) is 6.58 Å². The molecule has 1 aliphatic heterocycles. The summed E-state index contributed by atoms with van der Waals surface area (Å²) in [4.78, 5) is 28.1. The number of carbonyl (C=O) groups is 1.